The molecule has 1 aromatic rings. The summed E-state index contributed by atoms with van der Waals surface area (Å²) in [6, 6.07) is 1.81. The summed E-state index contributed by atoms with van der Waals surface area (Å²) in [6.45, 7) is 3.70. The standard InChI is InChI=1S/C12H17ClN2O2/c1-7-5-9(17-4)12(8(2)11(7)13)15(3)10(16)6-14/h5H,6,14H2,1-4H3. The number of benzene rings is 1. The molecule has 0 saturated carbocycles. The number of nitrogens with zero attached hydrogens (tertiary/aromatic N) is 1. The second-order valence-corrected chi connectivity index (χ2v) is 4.22. The molecule has 0 aliphatic carbocycles. The number of hydrogen-bond acceptors (Lipinski definition) is 3. The third kappa shape index (κ3) is 2.53. The van der Waals surface area contributed by atoms with Gasteiger partial charge >= 0.3 is 0 Å². The molecule has 17 heavy (non-hydrogen) atoms. The van der Waals surface area contributed by atoms with Gasteiger partial charge in [0.15, 0.2) is 0 Å². The normalized spacial score (nSPS) is 10.2. The van der Waals surface area contributed by atoms with E-state index in [4.69, 9.17) is 22.1 Å². The van der Waals surface area contributed by atoms with Crippen LogP contribution in [-0.2, 0) is 4.79 Å². The number of rotatable bonds is 3. The Morgan fingerprint density at radius 1 is 1.53 bits per heavy atom. The van der Waals surface area contributed by atoms with Gasteiger partial charge in [-0.2, -0.15) is 0 Å². The molecule has 0 bridgehead atoms. The van der Waals surface area contributed by atoms with E-state index in [2.05, 4.69) is 0 Å². The zero-order chi connectivity index (χ0) is 13.2. The summed E-state index contributed by atoms with van der Waals surface area (Å²) in [5.74, 6) is 0.431. The van der Waals surface area contributed by atoms with Crippen LogP contribution < -0.4 is 15.4 Å². The molecule has 0 spiro atoms. The molecular weight excluding hydrogens is 240 g/mol. The zero-order valence-corrected chi connectivity index (χ0v) is 11.3. The van der Waals surface area contributed by atoms with E-state index in [9.17, 15) is 4.79 Å². The largest absolute Gasteiger partial charge is 0.495 e. The fraction of sp³-hybridized carbons (Fsp3) is 0.417. The van der Waals surface area contributed by atoms with Crippen molar-refractivity contribution in [2.45, 2.75) is 13.8 Å². The predicted molar refractivity (Wildman–Crippen MR) is 69.9 cm³/mol. The maximum absolute atomic E-state index is 11.6. The molecule has 4 nitrogen and oxygen atoms in total. The topological polar surface area (TPSA) is 55.6 Å². The molecule has 0 radical (unpaired) electrons. The van der Waals surface area contributed by atoms with E-state index in [0.29, 0.717) is 16.5 Å². The molecule has 1 rings (SSSR count). The molecule has 0 fully saturated rings. The fourth-order valence-electron chi connectivity index (χ4n) is 1.75. The Morgan fingerprint density at radius 2 is 2.12 bits per heavy atom. The minimum absolute atomic E-state index is 0.0510. The number of hydrogen-bond donors (Lipinski definition) is 1. The first-order chi connectivity index (χ1) is 7.93. The summed E-state index contributed by atoms with van der Waals surface area (Å²) in [5, 5.41) is 0.637. The summed E-state index contributed by atoms with van der Waals surface area (Å²) in [7, 11) is 3.22. The maximum Gasteiger partial charge on any atom is 0.240 e. The Bertz CT molecular complexity index is 447. The van der Waals surface area contributed by atoms with E-state index in [1.165, 1.54) is 4.90 Å². The number of carbonyl (C=O) groups excluding carboxylic acids is 1. The Balaban J connectivity index is 3.40. The summed E-state index contributed by atoms with van der Waals surface area (Å²) in [6.07, 6.45) is 0. The zero-order valence-electron chi connectivity index (χ0n) is 10.5. The van der Waals surface area contributed by atoms with Crippen molar-refractivity contribution < 1.29 is 9.53 Å². The van der Waals surface area contributed by atoms with Crippen LogP contribution in [0.15, 0.2) is 6.07 Å². The summed E-state index contributed by atoms with van der Waals surface area (Å²) >= 11 is 6.18. The van der Waals surface area contributed by atoms with Gasteiger partial charge in [0.2, 0.25) is 5.91 Å². The van der Waals surface area contributed by atoms with Crippen LogP contribution in [0.5, 0.6) is 5.75 Å². The van der Waals surface area contributed by atoms with Crippen LogP contribution in [0.1, 0.15) is 11.1 Å². The number of carbonyl (C=O) groups is 1. The van der Waals surface area contributed by atoms with Gasteiger partial charge in [-0.05, 0) is 31.0 Å². The minimum Gasteiger partial charge on any atom is -0.495 e. The van der Waals surface area contributed by atoms with E-state index in [-0.39, 0.29) is 12.5 Å². The number of halogens is 1. The van der Waals surface area contributed by atoms with Gasteiger partial charge in [0, 0.05) is 12.1 Å². The average Bonchev–Trinajstić information content (AvgIpc) is 2.33. The van der Waals surface area contributed by atoms with Crippen molar-refractivity contribution in [2.24, 2.45) is 5.73 Å². The van der Waals surface area contributed by atoms with E-state index in [1.54, 1.807) is 14.2 Å². The summed E-state index contributed by atoms with van der Waals surface area (Å²) in [4.78, 5) is 13.1. The monoisotopic (exact) mass is 256 g/mol. The van der Waals surface area contributed by atoms with Gasteiger partial charge in [-0.3, -0.25) is 4.79 Å². The molecule has 2 N–H and O–H groups in total. The lowest BCUT2D eigenvalue weighted by Crippen LogP contribution is -2.33. The molecule has 0 atom stereocenters. The van der Waals surface area contributed by atoms with Crippen molar-refractivity contribution in [3.05, 3.63) is 22.2 Å². The van der Waals surface area contributed by atoms with E-state index >= 15 is 0 Å². The van der Waals surface area contributed by atoms with Crippen LogP contribution in [0.25, 0.3) is 0 Å². The number of nitrogens with two attached hydrogens (primary N) is 1. The maximum atomic E-state index is 11.6. The van der Waals surface area contributed by atoms with Crippen molar-refractivity contribution in [3.8, 4) is 5.75 Å². The Morgan fingerprint density at radius 3 is 2.59 bits per heavy atom. The number of likely N-dealkylation sites (N-methyl/N-ethyl adjacent to an activating group) is 1. The number of amides is 1. The number of aryl methyl sites for hydroxylation is 1. The van der Waals surface area contributed by atoms with Crippen molar-refractivity contribution >= 4 is 23.2 Å². The van der Waals surface area contributed by atoms with Crippen LogP contribution in [0.4, 0.5) is 5.69 Å². The smallest absolute Gasteiger partial charge is 0.240 e. The Labute approximate surface area is 106 Å². The highest BCUT2D eigenvalue weighted by molar-refractivity contribution is 6.32. The van der Waals surface area contributed by atoms with Gasteiger partial charge in [0.05, 0.1) is 19.3 Å². The predicted octanol–water partition coefficient (Wildman–Crippen LogP) is 1.89. The molecule has 0 unspecified atom stereocenters. The van der Waals surface area contributed by atoms with Crippen molar-refractivity contribution in [3.63, 3.8) is 0 Å². The summed E-state index contributed by atoms with van der Waals surface area (Å²) < 4.78 is 5.28. The first kappa shape index (κ1) is 13.8. The molecular formula is C12H17ClN2O2. The molecule has 94 valence electrons. The second kappa shape index (κ2) is 5.38. The van der Waals surface area contributed by atoms with Crippen LogP contribution in [0, 0.1) is 13.8 Å². The number of methoxy groups -OCH3 is 1. The van der Waals surface area contributed by atoms with Gasteiger partial charge in [-0.1, -0.05) is 11.6 Å². The molecule has 1 amide bonds. The van der Waals surface area contributed by atoms with E-state index < -0.39 is 0 Å². The molecule has 0 aliphatic heterocycles. The van der Waals surface area contributed by atoms with E-state index in [0.717, 1.165) is 11.1 Å². The fourth-order valence-corrected chi connectivity index (χ4v) is 1.89. The molecule has 0 saturated heterocycles. The van der Waals surface area contributed by atoms with Gasteiger partial charge < -0.3 is 15.4 Å². The van der Waals surface area contributed by atoms with Gasteiger partial charge in [-0.25, -0.2) is 0 Å². The van der Waals surface area contributed by atoms with Crippen LogP contribution in [0.2, 0.25) is 5.02 Å². The highest BCUT2D eigenvalue weighted by Crippen LogP contribution is 2.37. The SMILES string of the molecule is COc1cc(C)c(Cl)c(C)c1N(C)C(=O)CN. The second-order valence-electron chi connectivity index (χ2n) is 3.84. The van der Waals surface area contributed by atoms with Crippen LogP contribution in [-0.4, -0.2) is 26.6 Å². The average molecular weight is 257 g/mol. The minimum atomic E-state index is -0.189. The Hall–Kier alpha value is -1.26. The third-order valence-electron chi connectivity index (χ3n) is 2.72. The van der Waals surface area contributed by atoms with Crippen molar-refractivity contribution in [1.29, 1.82) is 0 Å². The van der Waals surface area contributed by atoms with Crippen LogP contribution >= 0.6 is 11.6 Å². The van der Waals surface area contributed by atoms with Crippen LogP contribution in [0.3, 0.4) is 0 Å². The quantitative estimate of drug-likeness (QED) is 0.899. The lowest BCUT2D eigenvalue weighted by Gasteiger charge is -2.23. The Kier molecular flexibility index (Phi) is 4.37. The van der Waals surface area contributed by atoms with Crippen molar-refractivity contribution in [1.82, 2.24) is 0 Å². The third-order valence-corrected chi connectivity index (χ3v) is 3.30. The number of ether oxygens (including phenoxy) is 1. The molecule has 0 aliphatic rings. The number of anilines is 1. The summed E-state index contributed by atoms with van der Waals surface area (Å²) in [5.41, 5.74) is 7.75. The molecule has 5 heteroatoms. The first-order valence-corrected chi connectivity index (χ1v) is 5.62. The lowest BCUT2D eigenvalue weighted by molar-refractivity contribution is -0.117. The van der Waals surface area contributed by atoms with Gasteiger partial charge in [0.25, 0.3) is 0 Å². The van der Waals surface area contributed by atoms with Gasteiger partial charge in [-0.15, -0.1) is 0 Å². The lowest BCUT2D eigenvalue weighted by atomic mass is 10.1. The van der Waals surface area contributed by atoms with Crippen molar-refractivity contribution in [2.75, 3.05) is 25.6 Å². The van der Waals surface area contributed by atoms with E-state index in [1.807, 2.05) is 19.9 Å². The van der Waals surface area contributed by atoms with Gasteiger partial charge in [0.1, 0.15) is 5.75 Å². The molecule has 0 aromatic heterocycles. The molecule has 1 aromatic carbocycles. The molecule has 0 heterocycles. The highest BCUT2D eigenvalue weighted by Gasteiger charge is 2.19. The highest BCUT2D eigenvalue weighted by atomic mass is 35.5. The first-order valence-electron chi connectivity index (χ1n) is 5.24.